The van der Waals surface area contributed by atoms with Crippen LogP contribution in [0.25, 0.3) is 0 Å². The van der Waals surface area contributed by atoms with Crippen molar-refractivity contribution in [3.63, 3.8) is 0 Å². The van der Waals surface area contributed by atoms with Crippen LogP contribution in [0.4, 0.5) is 0 Å². The van der Waals surface area contributed by atoms with Gasteiger partial charge in [-0.3, -0.25) is 4.79 Å². The Kier molecular flexibility index (Phi) is 3.25. The van der Waals surface area contributed by atoms with Gasteiger partial charge in [0, 0.05) is 19.3 Å². The predicted molar refractivity (Wildman–Crippen MR) is 63.5 cm³/mol. The van der Waals surface area contributed by atoms with Gasteiger partial charge in [0.1, 0.15) is 5.15 Å². The van der Waals surface area contributed by atoms with Crippen LogP contribution < -0.4 is 0 Å². The van der Waals surface area contributed by atoms with E-state index in [2.05, 4.69) is 18.0 Å². The van der Waals surface area contributed by atoms with Gasteiger partial charge < -0.3 is 4.90 Å². The lowest BCUT2D eigenvalue weighted by atomic mass is 10.1. The van der Waals surface area contributed by atoms with Gasteiger partial charge in [0.05, 0.1) is 5.56 Å². The molecule has 2 rings (SSSR count). The zero-order chi connectivity index (χ0) is 11.5. The van der Waals surface area contributed by atoms with Gasteiger partial charge in [0.25, 0.3) is 5.91 Å². The highest BCUT2D eigenvalue weighted by Gasteiger charge is 2.17. The summed E-state index contributed by atoms with van der Waals surface area (Å²) in [5.74, 6) is 0.0212. The highest BCUT2D eigenvalue weighted by molar-refractivity contribution is 6.29. The van der Waals surface area contributed by atoms with E-state index < -0.39 is 0 Å². The number of amides is 1. The monoisotopic (exact) mass is 236 g/mol. The highest BCUT2D eigenvalue weighted by atomic mass is 35.5. The third-order valence-corrected chi connectivity index (χ3v) is 2.92. The summed E-state index contributed by atoms with van der Waals surface area (Å²) >= 11 is 5.68. The molecule has 0 radical (unpaired) electrons. The summed E-state index contributed by atoms with van der Waals surface area (Å²) in [6.07, 6.45) is 4.56. The second-order valence-electron chi connectivity index (χ2n) is 3.92. The molecule has 84 valence electrons. The number of hydrogen-bond acceptors (Lipinski definition) is 2. The van der Waals surface area contributed by atoms with Crippen LogP contribution in [0.15, 0.2) is 30.0 Å². The topological polar surface area (TPSA) is 33.2 Å². The highest BCUT2D eigenvalue weighted by Crippen LogP contribution is 2.13. The van der Waals surface area contributed by atoms with Crippen LogP contribution in [-0.2, 0) is 0 Å². The first-order chi connectivity index (χ1) is 7.66. The Bertz CT molecular complexity index is 425. The van der Waals surface area contributed by atoms with Crippen molar-refractivity contribution in [2.45, 2.75) is 13.3 Å². The summed E-state index contributed by atoms with van der Waals surface area (Å²) in [5.41, 5.74) is 1.94. The minimum Gasteiger partial charge on any atom is -0.335 e. The Balaban J connectivity index is 2.11. The Morgan fingerprint density at radius 1 is 1.50 bits per heavy atom. The molecule has 0 aliphatic carbocycles. The van der Waals surface area contributed by atoms with Gasteiger partial charge in [-0.2, -0.15) is 0 Å². The van der Waals surface area contributed by atoms with Crippen molar-refractivity contribution in [2.24, 2.45) is 0 Å². The number of hydrogen-bond donors (Lipinski definition) is 0. The normalized spacial score (nSPS) is 15.9. The molecule has 0 fully saturated rings. The van der Waals surface area contributed by atoms with Crippen LogP contribution in [0, 0.1) is 0 Å². The van der Waals surface area contributed by atoms with Gasteiger partial charge in [-0.1, -0.05) is 23.3 Å². The summed E-state index contributed by atoms with van der Waals surface area (Å²) in [5, 5.41) is 0.408. The van der Waals surface area contributed by atoms with Crippen LogP contribution in [0.1, 0.15) is 23.7 Å². The number of carbonyl (C=O) groups excluding carboxylic acids is 1. The van der Waals surface area contributed by atoms with Crippen LogP contribution in [-0.4, -0.2) is 28.9 Å². The van der Waals surface area contributed by atoms with Gasteiger partial charge in [-0.15, -0.1) is 0 Å². The van der Waals surface area contributed by atoms with Crippen molar-refractivity contribution in [3.8, 4) is 0 Å². The van der Waals surface area contributed by atoms with E-state index in [9.17, 15) is 4.79 Å². The molecule has 0 saturated carbocycles. The minimum absolute atomic E-state index is 0.0212. The molecule has 0 N–H and O–H groups in total. The zero-order valence-corrected chi connectivity index (χ0v) is 9.87. The van der Waals surface area contributed by atoms with Crippen molar-refractivity contribution < 1.29 is 4.79 Å². The molecule has 0 atom stereocenters. The van der Waals surface area contributed by atoms with Gasteiger partial charge in [0.15, 0.2) is 0 Å². The molecule has 1 aliphatic heterocycles. The minimum atomic E-state index is 0.0212. The number of nitrogens with zero attached hydrogens (tertiary/aromatic N) is 2. The molecule has 0 unspecified atom stereocenters. The summed E-state index contributed by atoms with van der Waals surface area (Å²) in [6, 6.07) is 3.35. The third-order valence-electron chi connectivity index (χ3n) is 2.70. The van der Waals surface area contributed by atoms with Crippen molar-refractivity contribution in [2.75, 3.05) is 13.1 Å². The van der Waals surface area contributed by atoms with Gasteiger partial charge >= 0.3 is 0 Å². The molecule has 3 nitrogen and oxygen atoms in total. The number of halogens is 1. The largest absolute Gasteiger partial charge is 0.335 e. The lowest BCUT2D eigenvalue weighted by molar-refractivity contribution is 0.0768. The van der Waals surface area contributed by atoms with Crippen LogP contribution in [0.3, 0.4) is 0 Å². The van der Waals surface area contributed by atoms with Crippen LogP contribution in [0.2, 0.25) is 5.15 Å². The van der Waals surface area contributed by atoms with E-state index in [0.29, 0.717) is 17.3 Å². The number of carbonyl (C=O) groups is 1. The van der Waals surface area contributed by atoms with Crippen LogP contribution >= 0.6 is 11.6 Å². The Labute approximate surface area is 99.7 Å². The average molecular weight is 237 g/mol. The molecule has 4 heteroatoms. The predicted octanol–water partition coefficient (Wildman–Crippen LogP) is 2.53. The second kappa shape index (κ2) is 4.66. The molecule has 16 heavy (non-hydrogen) atoms. The van der Waals surface area contributed by atoms with E-state index in [1.54, 1.807) is 12.1 Å². The van der Waals surface area contributed by atoms with E-state index in [1.807, 2.05) is 4.90 Å². The van der Waals surface area contributed by atoms with Gasteiger partial charge in [0.2, 0.25) is 0 Å². The molecular formula is C12H13ClN2O. The fraction of sp³-hybridized carbons (Fsp3) is 0.333. The maximum atomic E-state index is 12.0. The standard InChI is InChI=1S/C12H13ClN2O/c1-9-4-6-15(7-5-9)12(16)10-2-3-11(13)14-8-10/h2-4,8H,5-7H2,1H3. The fourth-order valence-corrected chi connectivity index (χ4v) is 1.75. The molecule has 1 aliphatic rings. The molecule has 0 spiro atoms. The summed E-state index contributed by atoms with van der Waals surface area (Å²) in [7, 11) is 0. The van der Waals surface area contributed by atoms with Crippen LogP contribution in [0.5, 0.6) is 0 Å². The molecular weight excluding hydrogens is 224 g/mol. The third kappa shape index (κ3) is 2.42. The summed E-state index contributed by atoms with van der Waals surface area (Å²) in [4.78, 5) is 17.8. The fourth-order valence-electron chi connectivity index (χ4n) is 1.64. The van der Waals surface area contributed by atoms with E-state index in [4.69, 9.17) is 11.6 Å². The lowest BCUT2D eigenvalue weighted by Crippen LogP contribution is -2.34. The van der Waals surface area contributed by atoms with Gasteiger partial charge in [-0.05, 0) is 25.5 Å². The smallest absolute Gasteiger partial charge is 0.255 e. The summed E-state index contributed by atoms with van der Waals surface area (Å²) < 4.78 is 0. The van der Waals surface area contributed by atoms with E-state index >= 15 is 0 Å². The summed E-state index contributed by atoms with van der Waals surface area (Å²) in [6.45, 7) is 3.56. The van der Waals surface area contributed by atoms with Gasteiger partial charge in [-0.25, -0.2) is 4.98 Å². The van der Waals surface area contributed by atoms with Crippen molar-refractivity contribution in [1.29, 1.82) is 0 Å². The molecule has 0 aromatic carbocycles. The molecule has 2 heterocycles. The molecule has 1 aromatic heterocycles. The Hall–Kier alpha value is -1.35. The maximum absolute atomic E-state index is 12.0. The van der Waals surface area contributed by atoms with Crippen molar-refractivity contribution >= 4 is 17.5 Å². The first-order valence-corrected chi connectivity index (χ1v) is 5.61. The van der Waals surface area contributed by atoms with Crippen molar-refractivity contribution in [3.05, 3.63) is 40.7 Å². The maximum Gasteiger partial charge on any atom is 0.255 e. The number of aromatic nitrogens is 1. The molecule has 0 bridgehead atoms. The quantitative estimate of drug-likeness (QED) is 0.555. The molecule has 1 aromatic rings. The number of pyridine rings is 1. The van der Waals surface area contributed by atoms with E-state index in [0.717, 1.165) is 13.0 Å². The molecule has 1 amide bonds. The van der Waals surface area contributed by atoms with E-state index in [-0.39, 0.29) is 5.91 Å². The number of rotatable bonds is 1. The SMILES string of the molecule is CC1=CCN(C(=O)c2ccc(Cl)nc2)CC1. The Morgan fingerprint density at radius 2 is 2.31 bits per heavy atom. The van der Waals surface area contributed by atoms with Crippen molar-refractivity contribution in [1.82, 2.24) is 9.88 Å². The average Bonchev–Trinajstić information content (AvgIpc) is 2.30. The lowest BCUT2D eigenvalue weighted by Gasteiger charge is -2.25. The first kappa shape index (κ1) is 11.1. The molecule has 0 saturated heterocycles. The second-order valence-corrected chi connectivity index (χ2v) is 4.31. The first-order valence-electron chi connectivity index (χ1n) is 5.23. The van der Waals surface area contributed by atoms with E-state index in [1.165, 1.54) is 11.8 Å². The zero-order valence-electron chi connectivity index (χ0n) is 9.11. The Morgan fingerprint density at radius 3 is 2.88 bits per heavy atom.